The van der Waals surface area contributed by atoms with Gasteiger partial charge in [0.25, 0.3) is 0 Å². The van der Waals surface area contributed by atoms with Crippen molar-refractivity contribution >= 4 is 17.7 Å². The first-order chi connectivity index (χ1) is 7.95. The molecule has 0 radical (unpaired) electrons. The summed E-state index contributed by atoms with van der Waals surface area (Å²) in [5.41, 5.74) is 0. The second-order valence-electron chi connectivity index (χ2n) is 3.89. The molecule has 0 aromatic carbocycles. The Hall–Kier alpha value is -1.85. The number of carboxylic acid groups (broad SMARTS) is 1. The molecule has 1 aromatic heterocycles. The van der Waals surface area contributed by atoms with Crippen LogP contribution < -0.4 is 4.90 Å². The SMILES string of the molecule is CCC(=O)N(CC(C)C(=O)O)c1cc(C)on1. The second-order valence-corrected chi connectivity index (χ2v) is 3.89. The first-order valence-corrected chi connectivity index (χ1v) is 5.42. The lowest BCUT2D eigenvalue weighted by molar-refractivity contribution is -0.140. The Morgan fingerprint density at radius 2 is 2.24 bits per heavy atom. The maximum atomic E-state index is 11.7. The molecule has 1 amide bonds. The molecule has 1 heterocycles. The normalized spacial score (nSPS) is 12.2. The minimum atomic E-state index is -0.945. The Bertz CT molecular complexity index is 413. The third kappa shape index (κ3) is 3.30. The molecule has 1 aromatic rings. The summed E-state index contributed by atoms with van der Waals surface area (Å²) in [6.45, 7) is 5.07. The van der Waals surface area contributed by atoms with Crippen molar-refractivity contribution in [3.8, 4) is 0 Å². The number of carbonyl (C=O) groups excluding carboxylic acids is 1. The molecule has 0 saturated carbocycles. The topological polar surface area (TPSA) is 83.6 Å². The number of carbonyl (C=O) groups is 2. The molecule has 0 aliphatic carbocycles. The van der Waals surface area contributed by atoms with Crippen LogP contribution in [-0.2, 0) is 9.59 Å². The van der Waals surface area contributed by atoms with Crippen molar-refractivity contribution in [1.82, 2.24) is 5.16 Å². The maximum Gasteiger partial charge on any atom is 0.308 e. The molecule has 0 saturated heterocycles. The number of anilines is 1. The van der Waals surface area contributed by atoms with Crippen LogP contribution in [0.5, 0.6) is 0 Å². The molecule has 1 N–H and O–H groups in total. The van der Waals surface area contributed by atoms with Crippen LogP contribution in [0.4, 0.5) is 5.82 Å². The molecular formula is C11H16N2O4. The number of rotatable bonds is 5. The van der Waals surface area contributed by atoms with Gasteiger partial charge in [-0.1, -0.05) is 19.0 Å². The van der Waals surface area contributed by atoms with Crippen LogP contribution >= 0.6 is 0 Å². The van der Waals surface area contributed by atoms with Gasteiger partial charge in [-0.05, 0) is 6.92 Å². The van der Waals surface area contributed by atoms with Crippen LogP contribution in [0, 0.1) is 12.8 Å². The molecular weight excluding hydrogens is 224 g/mol. The summed E-state index contributed by atoms with van der Waals surface area (Å²) in [6.07, 6.45) is 0.290. The average molecular weight is 240 g/mol. The van der Waals surface area contributed by atoms with Crippen molar-refractivity contribution in [3.63, 3.8) is 0 Å². The van der Waals surface area contributed by atoms with Crippen LogP contribution in [-0.4, -0.2) is 28.7 Å². The number of amides is 1. The molecule has 1 atom stereocenters. The molecule has 0 fully saturated rings. The van der Waals surface area contributed by atoms with Gasteiger partial charge in [0, 0.05) is 19.0 Å². The summed E-state index contributed by atoms with van der Waals surface area (Å²) in [5.74, 6) is -0.827. The highest BCUT2D eigenvalue weighted by Gasteiger charge is 2.23. The van der Waals surface area contributed by atoms with Gasteiger partial charge in [-0.3, -0.25) is 14.5 Å². The Morgan fingerprint density at radius 3 is 2.65 bits per heavy atom. The summed E-state index contributed by atoms with van der Waals surface area (Å²) in [5, 5.41) is 12.6. The predicted molar refractivity (Wildman–Crippen MR) is 60.7 cm³/mol. The summed E-state index contributed by atoms with van der Waals surface area (Å²) >= 11 is 0. The third-order valence-electron chi connectivity index (χ3n) is 2.37. The van der Waals surface area contributed by atoms with Gasteiger partial charge < -0.3 is 9.63 Å². The zero-order valence-corrected chi connectivity index (χ0v) is 10.1. The molecule has 17 heavy (non-hydrogen) atoms. The van der Waals surface area contributed by atoms with Gasteiger partial charge in [0.15, 0.2) is 5.82 Å². The number of hydrogen-bond donors (Lipinski definition) is 1. The Kier molecular flexibility index (Phi) is 4.25. The number of aliphatic carboxylic acids is 1. The molecule has 0 bridgehead atoms. The van der Waals surface area contributed by atoms with Crippen molar-refractivity contribution in [2.75, 3.05) is 11.4 Å². The van der Waals surface area contributed by atoms with E-state index in [0.717, 1.165) is 0 Å². The van der Waals surface area contributed by atoms with E-state index in [9.17, 15) is 9.59 Å². The van der Waals surface area contributed by atoms with E-state index in [1.807, 2.05) is 0 Å². The standard InChI is InChI=1S/C11H16N2O4/c1-4-10(14)13(6-7(2)11(15)16)9-5-8(3)17-12-9/h5,7H,4,6H2,1-3H3,(H,15,16). The van der Waals surface area contributed by atoms with Gasteiger partial charge in [-0.2, -0.15) is 0 Å². The van der Waals surface area contributed by atoms with Crippen molar-refractivity contribution in [2.24, 2.45) is 5.92 Å². The molecule has 0 aliphatic heterocycles. The van der Waals surface area contributed by atoms with Crippen molar-refractivity contribution in [1.29, 1.82) is 0 Å². The minimum Gasteiger partial charge on any atom is -0.481 e. The number of hydrogen-bond acceptors (Lipinski definition) is 4. The lowest BCUT2D eigenvalue weighted by Crippen LogP contribution is -2.36. The largest absolute Gasteiger partial charge is 0.481 e. The fourth-order valence-electron chi connectivity index (χ4n) is 1.35. The van der Waals surface area contributed by atoms with Gasteiger partial charge in [0.2, 0.25) is 5.91 Å². The van der Waals surface area contributed by atoms with Crippen LogP contribution in [0.15, 0.2) is 10.6 Å². The summed E-state index contributed by atoms with van der Waals surface area (Å²) in [6, 6.07) is 1.61. The van der Waals surface area contributed by atoms with Crippen LogP contribution in [0.1, 0.15) is 26.0 Å². The minimum absolute atomic E-state index is 0.0913. The lowest BCUT2D eigenvalue weighted by Gasteiger charge is -2.20. The molecule has 1 unspecified atom stereocenters. The van der Waals surface area contributed by atoms with E-state index in [-0.39, 0.29) is 18.9 Å². The fourth-order valence-corrected chi connectivity index (χ4v) is 1.35. The highest BCUT2D eigenvalue weighted by molar-refractivity contribution is 5.92. The molecule has 0 aliphatic rings. The van der Waals surface area contributed by atoms with Gasteiger partial charge in [-0.15, -0.1) is 0 Å². The highest BCUT2D eigenvalue weighted by Crippen LogP contribution is 2.16. The van der Waals surface area contributed by atoms with Crippen LogP contribution in [0.3, 0.4) is 0 Å². The maximum absolute atomic E-state index is 11.7. The van der Waals surface area contributed by atoms with E-state index in [1.165, 1.54) is 4.90 Å². The fraction of sp³-hybridized carbons (Fsp3) is 0.545. The van der Waals surface area contributed by atoms with Gasteiger partial charge in [-0.25, -0.2) is 0 Å². The Balaban J connectivity index is 2.88. The number of carboxylic acids is 1. The van der Waals surface area contributed by atoms with E-state index in [2.05, 4.69) is 5.16 Å². The zero-order chi connectivity index (χ0) is 13.0. The molecule has 6 heteroatoms. The van der Waals surface area contributed by atoms with E-state index in [0.29, 0.717) is 11.6 Å². The average Bonchev–Trinajstić information content (AvgIpc) is 2.70. The number of aryl methyl sites for hydroxylation is 1. The van der Waals surface area contributed by atoms with Gasteiger partial charge in [0.1, 0.15) is 5.76 Å². The Morgan fingerprint density at radius 1 is 1.59 bits per heavy atom. The predicted octanol–water partition coefficient (Wildman–Crippen LogP) is 1.45. The smallest absolute Gasteiger partial charge is 0.308 e. The first kappa shape index (κ1) is 13.2. The summed E-state index contributed by atoms with van der Waals surface area (Å²) in [4.78, 5) is 23.9. The third-order valence-corrected chi connectivity index (χ3v) is 2.37. The number of nitrogens with zero attached hydrogens (tertiary/aromatic N) is 2. The van der Waals surface area contributed by atoms with Gasteiger partial charge in [0.05, 0.1) is 5.92 Å². The molecule has 0 spiro atoms. The monoisotopic (exact) mass is 240 g/mol. The van der Waals surface area contributed by atoms with E-state index in [1.54, 1.807) is 26.8 Å². The molecule has 94 valence electrons. The van der Waals surface area contributed by atoms with E-state index >= 15 is 0 Å². The summed E-state index contributed by atoms with van der Waals surface area (Å²) in [7, 11) is 0. The quantitative estimate of drug-likeness (QED) is 0.842. The lowest BCUT2D eigenvalue weighted by atomic mass is 10.1. The zero-order valence-electron chi connectivity index (χ0n) is 10.1. The van der Waals surface area contributed by atoms with Crippen molar-refractivity contribution in [2.45, 2.75) is 27.2 Å². The highest BCUT2D eigenvalue weighted by atomic mass is 16.5. The number of aromatic nitrogens is 1. The van der Waals surface area contributed by atoms with E-state index < -0.39 is 11.9 Å². The van der Waals surface area contributed by atoms with Crippen molar-refractivity contribution in [3.05, 3.63) is 11.8 Å². The molecule has 6 nitrogen and oxygen atoms in total. The van der Waals surface area contributed by atoms with Gasteiger partial charge >= 0.3 is 5.97 Å². The van der Waals surface area contributed by atoms with E-state index in [4.69, 9.17) is 9.63 Å². The van der Waals surface area contributed by atoms with Crippen LogP contribution in [0.2, 0.25) is 0 Å². The molecule has 1 rings (SSSR count). The first-order valence-electron chi connectivity index (χ1n) is 5.42. The van der Waals surface area contributed by atoms with Crippen LogP contribution in [0.25, 0.3) is 0 Å². The van der Waals surface area contributed by atoms with Crippen molar-refractivity contribution < 1.29 is 19.2 Å². The summed E-state index contributed by atoms with van der Waals surface area (Å²) < 4.78 is 4.89. The second kappa shape index (κ2) is 5.47. The Labute approximate surface area is 99.2 Å².